The molecule has 2 aromatic carbocycles. The second-order valence-corrected chi connectivity index (χ2v) is 10.1. The van der Waals surface area contributed by atoms with Crippen LogP contribution in [0.25, 0.3) is 0 Å². The Bertz CT molecular complexity index is 1130. The zero-order valence-electron chi connectivity index (χ0n) is 19.5. The van der Waals surface area contributed by atoms with Crippen LogP contribution in [0.4, 0.5) is 0 Å². The monoisotopic (exact) mass is 495 g/mol. The fourth-order valence-corrected chi connectivity index (χ4v) is 5.84. The highest BCUT2D eigenvalue weighted by Gasteiger charge is 2.64. The lowest BCUT2D eigenvalue weighted by molar-refractivity contribution is -0.162. The number of β-lactam (4-membered cyclic amide) rings is 1. The first kappa shape index (κ1) is 24.5. The standard InChI is InChI=1S/C26H25NO7S/c1-16(28)33-15-26(2)22(27-23(30)19(24(27)35-26)14-20(29)32-3)25(31)34-21(17-10-6-4-7-11-17)18-12-8-5-9-13-18/h4-14,21-22,24H,15H2,1-3H3/b19-14-/t22-,24?,26-/m0/s1. The summed E-state index contributed by atoms with van der Waals surface area (Å²) in [7, 11) is 1.22. The molecule has 1 unspecified atom stereocenters. The van der Waals surface area contributed by atoms with Gasteiger partial charge in [0.1, 0.15) is 18.0 Å². The van der Waals surface area contributed by atoms with E-state index in [2.05, 4.69) is 4.74 Å². The predicted molar refractivity (Wildman–Crippen MR) is 128 cm³/mol. The molecule has 0 spiro atoms. The van der Waals surface area contributed by atoms with Gasteiger partial charge in [0, 0.05) is 13.0 Å². The minimum atomic E-state index is -1.03. The van der Waals surface area contributed by atoms with Gasteiger partial charge in [0.05, 0.1) is 17.4 Å². The molecule has 2 aliphatic rings. The third kappa shape index (κ3) is 4.81. The number of methoxy groups -OCH3 is 1. The number of carbonyl (C=O) groups is 4. The van der Waals surface area contributed by atoms with Crippen molar-refractivity contribution >= 4 is 35.6 Å². The maximum Gasteiger partial charge on any atom is 0.331 e. The Labute approximate surface area is 207 Å². The fraction of sp³-hybridized carbons (Fsp3) is 0.308. The minimum Gasteiger partial charge on any atom is -0.466 e. The van der Waals surface area contributed by atoms with Gasteiger partial charge in [-0.1, -0.05) is 60.7 Å². The molecule has 8 nitrogen and oxygen atoms in total. The maximum absolute atomic E-state index is 13.7. The van der Waals surface area contributed by atoms with Gasteiger partial charge in [0.2, 0.25) is 0 Å². The minimum absolute atomic E-state index is 0.111. The summed E-state index contributed by atoms with van der Waals surface area (Å²) in [5, 5.41) is -0.563. The van der Waals surface area contributed by atoms with Gasteiger partial charge in [-0.3, -0.25) is 9.59 Å². The van der Waals surface area contributed by atoms with Crippen LogP contribution in [0, 0.1) is 0 Å². The van der Waals surface area contributed by atoms with Crippen molar-refractivity contribution in [1.29, 1.82) is 0 Å². The molecular formula is C26H25NO7S. The number of carbonyl (C=O) groups excluding carboxylic acids is 4. The van der Waals surface area contributed by atoms with Crippen molar-refractivity contribution in [2.75, 3.05) is 13.7 Å². The van der Waals surface area contributed by atoms with E-state index in [1.807, 2.05) is 60.7 Å². The van der Waals surface area contributed by atoms with Crippen LogP contribution < -0.4 is 0 Å². The fourth-order valence-electron chi connectivity index (χ4n) is 4.24. The highest BCUT2D eigenvalue weighted by Crippen LogP contribution is 2.54. The summed E-state index contributed by atoms with van der Waals surface area (Å²) >= 11 is 1.28. The molecule has 4 rings (SSSR count). The molecule has 0 bridgehead atoms. The third-order valence-electron chi connectivity index (χ3n) is 5.94. The average molecular weight is 496 g/mol. The van der Waals surface area contributed by atoms with E-state index in [9.17, 15) is 19.2 Å². The van der Waals surface area contributed by atoms with Crippen LogP contribution in [0.1, 0.15) is 31.1 Å². The van der Waals surface area contributed by atoms with E-state index >= 15 is 0 Å². The van der Waals surface area contributed by atoms with Gasteiger partial charge in [0.25, 0.3) is 5.91 Å². The number of ether oxygens (including phenoxy) is 3. The Kier molecular flexibility index (Phi) is 6.98. The molecule has 9 heteroatoms. The Morgan fingerprint density at radius 2 is 1.63 bits per heavy atom. The van der Waals surface area contributed by atoms with Crippen molar-refractivity contribution in [2.24, 2.45) is 0 Å². The summed E-state index contributed by atoms with van der Waals surface area (Å²) in [5.74, 6) is -2.25. The van der Waals surface area contributed by atoms with Gasteiger partial charge < -0.3 is 19.1 Å². The van der Waals surface area contributed by atoms with Gasteiger partial charge in [0.15, 0.2) is 6.10 Å². The lowest BCUT2D eigenvalue weighted by Gasteiger charge is -2.40. The number of amides is 1. The van der Waals surface area contributed by atoms with Crippen molar-refractivity contribution in [3.63, 3.8) is 0 Å². The van der Waals surface area contributed by atoms with Gasteiger partial charge in [-0.25, -0.2) is 9.59 Å². The third-order valence-corrected chi connectivity index (χ3v) is 7.52. The van der Waals surface area contributed by atoms with E-state index in [1.165, 1.54) is 30.7 Å². The van der Waals surface area contributed by atoms with E-state index in [-0.39, 0.29) is 12.2 Å². The van der Waals surface area contributed by atoms with Crippen LogP contribution in [-0.2, 0) is 33.4 Å². The zero-order valence-corrected chi connectivity index (χ0v) is 20.3. The van der Waals surface area contributed by atoms with Crippen molar-refractivity contribution in [3.8, 4) is 0 Å². The van der Waals surface area contributed by atoms with Gasteiger partial charge in [-0.05, 0) is 18.1 Å². The number of hydrogen-bond donors (Lipinski definition) is 0. The van der Waals surface area contributed by atoms with Crippen molar-refractivity contribution < 1.29 is 33.4 Å². The van der Waals surface area contributed by atoms with E-state index in [0.717, 1.165) is 17.2 Å². The van der Waals surface area contributed by atoms with E-state index < -0.39 is 46.1 Å². The summed E-state index contributed by atoms with van der Waals surface area (Å²) in [6, 6.07) is 17.6. The molecule has 3 atom stereocenters. The molecule has 0 radical (unpaired) electrons. The number of esters is 3. The predicted octanol–water partition coefficient (Wildman–Crippen LogP) is 3.02. The quantitative estimate of drug-likeness (QED) is 0.250. The Balaban J connectivity index is 1.67. The van der Waals surface area contributed by atoms with Crippen molar-refractivity contribution in [3.05, 3.63) is 83.4 Å². The largest absolute Gasteiger partial charge is 0.466 e. The van der Waals surface area contributed by atoms with Crippen LogP contribution in [-0.4, -0.2) is 58.6 Å². The number of rotatable bonds is 7. The first-order chi connectivity index (χ1) is 16.7. The lowest BCUT2D eigenvalue weighted by atomic mass is 9.94. The van der Waals surface area contributed by atoms with E-state index in [4.69, 9.17) is 9.47 Å². The van der Waals surface area contributed by atoms with E-state index in [0.29, 0.717) is 0 Å². The van der Waals surface area contributed by atoms with Crippen LogP contribution >= 0.6 is 11.8 Å². The van der Waals surface area contributed by atoms with E-state index in [1.54, 1.807) is 6.92 Å². The average Bonchev–Trinajstić information content (AvgIpc) is 3.15. The van der Waals surface area contributed by atoms with Crippen LogP contribution in [0.15, 0.2) is 72.3 Å². The second kappa shape index (κ2) is 9.95. The summed E-state index contributed by atoms with van der Waals surface area (Å²) in [5.41, 5.74) is 1.78. The van der Waals surface area contributed by atoms with Crippen molar-refractivity contribution in [2.45, 2.75) is 36.1 Å². The number of hydrogen-bond acceptors (Lipinski definition) is 8. The highest BCUT2D eigenvalue weighted by atomic mass is 32.2. The Morgan fingerprint density at radius 1 is 1.06 bits per heavy atom. The van der Waals surface area contributed by atoms with Gasteiger partial charge >= 0.3 is 17.9 Å². The molecule has 0 aliphatic carbocycles. The van der Waals surface area contributed by atoms with Crippen LogP contribution in [0.2, 0.25) is 0 Å². The maximum atomic E-state index is 13.7. The summed E-state index contributed by atoms with van der Waals surface area (Å²) < 4.78 is 15.0. The molecule has 2 aromatic rings. The number of fused-ring (bicyclic) bond motifs is 1. The molecular weight excluding hydrogens is 470 g/mol. The molecule has 2 fully saturated rings. The summed E-state index contributed by atoms with van der Waals surface area (Å²) in [6.07, 6.45) is 0.432. The lowest BCUT2D eigenvalue weighted by Crippen LogP contribution is -2.60. The highest BCUT2D eigenvalue weighted by molar-refractivity contribution is 8.02. The molecule has 0 N–H and O–H groups in total. The van der Waals surface area contributed by atoms with Gasteiger partial charge in [-0.15, -0.1) is 11.8 Å². The van der Waals surface area contributed by atoms with Crippen molar-refractivity contribution in [1.82, 2.24) is 4.90 Å². The molecule has 2 heterocycles. The molecule has 1 amide bonds. The number of benzene rings is 2. The number of nitrogens with zero attached hydrogens (tertiary/aromatic N) is 1. The zero-order chi connectivity index (χ0) is 25.2. The SMILES string of the molecule is COC(=O)/C=C1/C(=O)N2C1S[C@@](C)(COC(C)=O)[C@@H]2C(=O)OC(c1ccccc1)c1ccccc1. The van der Waals surface area contributed by atoms with Gasteiger partial charge in [-0.2, -0.15) is 0 Å². The second-order valence-electron chi connectivity index (χ2n) is 8.44. The molecule has 0 saturated carbocycles. The normalized spacial score (nSPS) is 24.1. The Hall–Kier alpha value is -3.59. The van der Waals surface area contributed by atoms with Crippen LogP contribution in [0.3, 0.4) is 0 Å². The molecule has 0 aromatic heterocycles. The summed E-state index contributed by atoms with van der Waals surface area (Å²) in [6.45, 7) is 2.91. The topological polar surface area (TPSA) is 99.2 Å². The molecule has 2 aliphatic heterocycles. The smallest absolute Gasteiger partial charge is 0.331 e. The first-order valence-corrected chi connectivity index (χ1v) is 11.9. The molecule has 2 saturated heterocycles. The number of thioether (sulfide) groups is 1. The summed E-state index contributed by atoms with van der Waals surface area (Å²) in [4.78, 5) is 51.4. The Morgan fingerprint density at radius 3 is 2.14 bits per heavy atom. The van der Waals surface area contributed by atoms with Crippen LogP contribution in [0.5, 0.6) is 0 Å². The molecule has 35 heavy (non-hydrogen) atoms. The first-order valence-electron chi connectivity index (χ1n) is 11.0. The molecule has 182 valence electrons.